The third kappa shape index (κ3) is 3.85. The van der Waals surface area contributed by atoms with Crippen LogP contribution in [0.3, 0.4) is 0 Å². The van der Waals surface area contributed by atoms with Crippen LogP contribution in [0.15, 0.2) is 42.6 Å². The summed E-state index contributed by atoms with van der Waals surface area (Å²) in [6, 6.07) is 11.5. The van der Waals surface area contributed by atoms with Crippen LogP contribution in [0, 0.1) is 12.8 Å². The van der Waals surface area contributed by atoms with Crippen LogP contribution in [0.25, 0.3) is 0 Å². The number of nitrogens with one attached hydrogen (secondary N) is 1. The number of aromatic nitrogens is 1. The van der Waals surface area contributed by atoms with Gasteiger partial charge in [0.2, 0.25) is 0 Å². The highest BCUT2D eigenvalue weighted by Crippen LogP contribution is 2.33. The number of aryl methyl sites for hydroxylation is 1. The minimum atomic E-state index is -0.647. The molecule has 1 aromatic heterocycles. The Morgan fingerprint density at radius 2 is 1.96 bits per heavy atom. The lowest BCUT2D eigenvalue weighted by Gasteiger charge is -2.38. The molecule has 0 spiro atoms. The third-order valence-electron chi connectivity index (χ3n) is 4.83. The van der Waals surface area contributed by atoms with Gasteiger partial charge in [0.15, 0.2) is 0 Å². The van der Waals surface area contributed by atoms with Crippen molar-refractivity contribution in [2.45, 2.75) is 32.7 Å². The second-order valence-corrected chi connectivity index (χ2v) is 6.95. The molecule has 0 saturated carbocycles. The van der Waals surface area contributed by atoms with E-state index in [1.807, 2.05) is 30.3 Å². The van der Waals surface area contributed by atoms with Crippen LogP contribution in [0.2, 0.25) is 0 Å². The number of piperidine rings is 1. The molecule has 2 aromatic rings. The van der Waals surface area contributed by atoms with E-state index in [2.05, 4.69) is 17.2 Å². The van der Waals surface area contributed by atoms with Crippen molar-refractivity contribution in [3.05, 3.63) is 53.7 Å². The molecule has 6 nitrogen and oxygen atoms in total. The molecule has 0 unspecified atom stereocenters. The van der Waals surface area contributed by atoms with Crippen LogP contribution in [0.5, 0.6) is 0 Å². The van der Waals surface area contributed by atoms with Crippen LogP contribution >= 0.6 is 0 Å². The standard InChI is InChI=1S/C20H24N4O2/c1-13-8-9-17(15-6-4-3-5-7-15)24(12-13)20(26)19(25)23-16-10-14(2)18(21)22-11-16/h3-7,10-11,13,17H,8-9,12H2,1-2H3,(H2,21,22)(H,23,25)/t13-,17+/m1/s1. The van der Waals surface area contributed by atoms with Gasteiger partial charge < -0.3 is 16.0 Å². The predicted octanol–water partition coefficient (Wildman–Crippen LogP) is 2.91. The summed E-state index contributed by atoms with van der Waals surface area (Å²) in [4.78, 5) is 31.1. The van der Waals surface area contributed by atoms with Crippen LogP contribution < -0.4 is 11.1 Å². The zero-order valence-corrected chi connectivity index (χ0v) is 15.1. The SMILES string of the molecule is Cc1cc(NC(=O)C(=O)N2C[C@H](C)CC[C@H]2c2ccccc2)cnc1N. The Bertz CT molecular complexity index is 807. The first kappa shape index (κ1) is 17.9. The molecule has 1 aromatic carbocycles. The molecule has 3 N–H and O–H groups in total. The number of benzene rings is 1. The Morgan fingerprint density at radius 1 is 1.23 bits per heavy atom. The topological polar surface area (TPSA) is 88.3 Å². The number of nitrogen functional groups attached to an aromatic ring is 1. The molecule has 1 aliphatic heterocycles. The fourth-order valence-electron chi connectivity index (χ4n) is 3.37. The number of hydrogen-bond donors (Lipinski definition) is 2. The summed E-state index contributed by atoms with van der Waals surface area (Å²) in [5.74, 6) is -0.388. The van der Waals surface area contributed by atoms with Crippen LogP contribution in [0.1, 0.15) is 36.9 Å². The van der Waals surface area contributed by atoms with Crippen molar-refractivity contribution in [2.75, 3.05) is 17.6 Å². The molecule has 26 heavy (non-hydrogen) atoms. The van der Waals surface area contributed by atoms with Gasteiger partial charge in [0.1, 0.15) is 5.82 Å². The lowest BCUT2D eigenvalue weighted by molar-refractivity contribution is -0.146. The molecule has 136 valence electrons. The Morgan fingerprint density at radius 3 is 2.65 bits per heavy atom. The number of likely N-dealkylation sites (tertiary alicyclic amines) is 1. The smallest absolute Gasteiger partial charge is 0.313 e. The van der Waals surface area contributed by atoms with Crippen molar-refractivity contribution in [1.82, 2.24) is 9.88 Å². The first-order chi connectivity index (χ1) is 12.5. The van der Waals surface area contributed by atoms with Crippen LogP contribution in [-0.2, 0) is 9.59 Å². The van der Waals surface area contributed by atoms with E-state index in [4.69, 9.17) is 5.73 Å². The summed E-state index contributed by atoms with van der Waals surface area (Å²) >= 11 is 0. The normalized spacial score (nSPS) is 19.8. The first-order valence-corrected chi connectivity index (χ1v) is 8.84. The quantitative estimate of drug-likeness (QED) is 0.814. The van der Waals surface area contributed by atoms with Crippen molar-refractivity contribution >= 4 is 23.3 Å². The fraction of sp³-hybridized carbons (Fsp3) is 0.350. The fourth-order valence-corrected chi connectivity index (χ4v) is 3.37. The van der Waals surface area contributed by atoms with E-state index in [0.717, 1.165) is 24.0 Å². The number of nitrogens with two attached hydrogens (primary N) is 1. The average Bonchev–Trinajstić information content (AvgIpc) is 2.64. The molecule has 0 bridgehead atoms. The molecule has 1 saturated heterocycles. The van der Waals surface area contributed by atoms with Gasteiger partial charge in [0, 0.05) is 6.54 Å². The van der Waals surface area contributed by atoms with E-state index in [9.17, 15) is 9.59 Å². The van der Waals surface area contributed by atoms with E-state index in [1.54, 1.807) is 17.9 Å². The van der Waals surface area contributed by atoms with Gasteiger partial charge in [-0.1, -0.05) is 37.3 Å². The van der Waals surface area contributed by atoms with E-state index < -0.39 is 11.8 Å². The van der Waals surface area contributed by atoms with Crippen molar-refractivity contribution in [2.24, 2.45) is 5.92 Å². The maximum absolute atomic E-state index is 12.9. The summed E-state index contributed by atoms with van der Waals surface area (Å²) in [5.41, 5.74) is 7.98. The van der Waals surface area contributed by atoms with E-state index in [1.165, 1.54) is 6.20 Å². The number of rotatable bonds is 2. The Kier molecular flexibility index (Phi) is 5.21. The lowest BCUT2D eigenvalue weighted by atomic mass is 9.90. The number of pyridine rings is 1. The summed E-state index contributed by atoms with van der Waals surface area (Å²) in [6.07, 6.45) is 3.35. The molecule has 2 atom stereocenters. The van der Waals surface area contributed by atoms with Gasteiger partial charge in [-0.3, -0.25) is 9.59 Å². The van der Waals surface area contributed by atoms with Gasteiger partial charge in [-0.05, 0) is 42.9 Å². The highest BCUT2D eigenvalue weighted by Gasteiger charge is 2.34. The summed E-state index contributed by atoms with van der Waals surface area (Å²) in [7, 11) is 0. The van der Waals surface area contributed by atoms with Gasteiger partial charge >= 0.3 is 11.8 Å². The number of hydrogen-bond acceptors (Lipinski definition) is 4. The predicted molar refractivity (Wildman–Crippen MR) is 101 cm³/mol. The first-order valence-electron chi connectivity index (χ1n) is 8.84. The van der Waals surface area contributed by atoms with Crippen molar-refractivity contribution < 1.29 is 9.59 Å². The number of amides is 2. The lowest BCUT2D eigenvalue weighted by Crippen LogP contribution is -2.46. The molecule has 2 amide bonds. The molecule has 0 aliphatic carbocycles. The van der Waals surface area contributed by atoms with Gasteiger partial charge in [0.05, 0.1) is 17.9 Å². The van der Waals surface area contributed by atoms with Crippen molar-refractivity contribution in [3.8, 4) is 0 Å². The molecule has 1 fully saturated rings. The van der Waals surface area contributed by atoms with E-state index in [0.29, 0.717) is 24.0 Å². The minimum Gasteiger partial charge on any atom is -0.383 e. The van der Waals surface area contributed by atoms with Crippen molar-refractivity contribution in [1.29, 1.82) is 0 Å². The second-order valence-electron chi connectivity index (χ2n) is 6.95. The Hall–Kier alpha value is -2.89. The van der Waals surface area contributed by atoms with Crippen LogP contribution in [0.4, 0.5) is 11.5 Å². The van der Waals surface area contributed by atoms with Gasteiger partial charge in [-0.25, -0.2) is 4.98 Å². The summed E-state index contributed by atoms with van der Waals surface area (Å²) in [6.45, 7) is 4.48. The van der Waals surface area contributed by atoms with Gasteiger partial charge in [0.25, 0.3) is 0 Å². The highest BCUT2D eigenvalue weighted by atomic mass is 16.2. The van der Waals surface area contributed by atoms with Crippen molar-refractivity contribution in [3.63, 3.8) is 0 Å². The zero-order chi connectivity index (χ0) is 18.7. The van der Waals surface area contributed by atoms with E-state index >= 15 is 0 Å². The van der Waals surface area contributed by atoms with E-state index in [-0.39, 0.29) is 6.04 Å². The van der Waals surface area contributed by atoms with Gasteiger partial charge in [-0.15, -0.1) is 0 Å². The number of carbonyl (C=O) groups excluding carboxylic acids is 2. The monoisotopic (exact) mass is 352 g/mol. The van der Waals surface area contributed by atoms with Gasteiger partial charge in [-0.2, -0.15) is 0 Å². The second kappa shape index (κ2) is 7.56. The van der Waals surface area contributed by atoms with Crippen LogP contribution in [-0.4, -0.2) is 28.2 Å². The molecule has 2 heterocycles. The highest BCUT2D eigenvalue weighted by molar-refractivity contribution is 6.39. The summed E-state index contributed by atoms with van der Waals surface area (Å²) < 4.78 is 0. The zero-order valence-electron chi connectivity index (χ0n) is 15.1. The average molecular weight is 352 g/mol. The maximum Gasteiger partial charge on any atom is 0.313 e. The largest absolute Gasteiger partial charge is 0.383 e. The maximum atomic E-state index is 12.9. The Labute approximate surface area is 153 Å². The molecule has 6 heteroatoms. The Balaban J connectivity index is 1.78. The number of carbonyl (C=O) groups is 2. The molecular weight excluding hydrogens is 328 g/mol. The molecule has 1 aliphatic rings. The number of anilines is 2. The minimum absolute atomic E-state index is 0.0723. The molecule has 3 rings (SSSR count). The molecular formula is C20H24N4O2. The molecule has 0 radical (unpaired) electrons. The third-order valence-corrected chi connectivity index (χ3v) is 4.83. The number of nitrogens with zero attached hydrogens (tertiary/aromatic N) is 2. The summed E-state index contributed by atoms with van der Waals surface area (Å²) in [5, 5.41) is 2.65.